The Balaban J connectivity index is 0.801. The Hall–Kier alpha value is -5.46. The smallest absolute Gasteiger partial charge is 0.257 e. The summed E-state index contributed by atoms with van der Waals surface area (Å²) in [6.07, 6.45) is 1.05. The standard InChI is InChI=1S/C44H46FN5O6/c45-36-22-29(41-33-10-8-31(51)24-39(33)56-26-35(41)28-4-2-1-3-5-28)6-11-37(36)49-16-14-27(15-17-49)25-47-18-20-48(21-19-47)30-7-9-32-34(23-30)44(55)50(43(32)54)38-12-13-40(52)46-42(38)53/h1-11,22-24,27,35,38,41,43,51,54H,12-21,25-26H2,(H,46,52,53)/t35?,38-,41+,43?/m0/s1. The van der Waals surface area contributed by atoms with Crippen LogP contribution in [-0.4, -0.2) is 96.2 Å². The van der Waals surface area contributed by atoms with Crippen LogP contribution in [0, 0.1) is 11.7 Å². The van der Waals surface area contributed by atoms with Gasteiger partial charge < -0.3 is 24.7 Å². The van der Waals surface area contributed by atoms with E-state index >= 15 is 4.39 Å². The molecule has 0 aromatic heterocycles. The lowest BCUT2D eigenvalue weighted by Crippen LogP contribution is -2.53. The molecule has 0 aliphatic carbocycles. The number of carbonyl (C=O) groups is 3. The van der Waals surface area contributed by atoms with E-state index in [1.165, 1.54) is 4.90 Å². The topological polar surface area (TPSA) is 126 Å². The van der Waals surface area contributed by atoms with E-state index in [1.807, 2.05) is 42.5 Å². The second-order valence-electron chi connectivity index (χ2n) is 15.8. The fourth-order valence-electron chi connectivity index (χ4n) is 9.49. The predicted molar refractivity (Wildman–Crippen MR) is 208 cm³/mol. The number of ether oxygens (including phenoxy) is 1. The Morgan fingerprint density at radius 1 is 0.786 bits per heavy atom. The SMILES string of the molecule is O=C1CC[C@H](N2C(=O)c3cc(N4CCN(CC5CCN(c6ccc([C@@H]7c8ccc(O)cc8OCC7c7ccccc7)cc6F)CC5)CC4)ccc3C2O)C(=O)N1. The molecule has 2 unspecified atom stereocenters. The molecule has 5 aliphatic heterocycles. The third-order valence-electron chi connectivity index (χ3n) is 12.5. The fraction of sp³-hybridized carbons (Fsp3) is 0.386. The molecular formula is C44H46FN5O6. The fourth-order valence-corrected chi connectivity index (χ4v) is 9.49. The number of benzene rings is 4. The zero-order chi connectivity index (χ0) is 38.5. The number of aliphatic hydroxyl groups is 1. The van der Waals surface area contributed by atoms with Crippen molar-refractivity contribution in [2.45, 2.75) is 49.8 Å². The van der Waals surface area contributed by atoms with Gasteiger partial charge in [-0.2, -0.15) is 0 Å². The molecule has 4 aromatic rings. The molecule has 3 saturated heterocycles. The first kappa shape index (κ1) is 36.2. The minimum absolute atomic E-state index is 0.000515. The van der Waals surface area contributed by atoms with Crippen molar-refractivity contribution in [1.82, 2.24) is 15.1 Å². The molecule has 0 spiro atoms. The maximum atomic E-state index is 16.1. The normalized spacial score (nSPS) is 24.5. The van der Waals surface area contributed by atoms with Crippen molar-refractivity contribution in [3.05, 3.63) is 119 Å². The summed E-state index contributed by atoms with van der Waals surface area (Å²) in [5.74, 6) is -0.362. The molecule has 3 amide bonds. The highest BCUT2D eigenvalue weighted by molar-refractivity contribution is 6.06. The lowest BCUT2D eigenvalue weighted by molar-refractivity contribution is -0.139. The number of piperazine rings is 1. The van der Waals surface area contributed by atoms with Gasteiger partial charge in [0, 0.05) is 92.5 Å². The van der Waals surface area contributed by atoms with Crippen LogP contribution in [0.1, 0.15) is 76.4 Å². The monoisotopic (exact) mass is 759 g/mol. The molecule has 56 heavy (non-hydrogen) atoms. The Morgan fingerprint density at radius 3 is 2.30 bits per heavy atom. The number of hydrogen-bond donors (Lipinski definition) is 3. The molecule has 11 nitrogen and oxygen atoms in total. The number of fused-ring (bicyclic) bond motifs is 2. The first-order valence-corrected chi connectivity index (χ1v) is 19.7. The quantitative estimate of drug-likeness (QED) is 0.220. The molecule has 12 heteroatoms. The Morgan fingerprint density at radius 2 is 1.55 bits per heavy atom. The molecule has 3 N–H and O–H groups in total. The van der Waals surface area contributed by atoms with E-state index < -0.39 is 24.1 Å². The van der Waals surface area contributed by atoms with Crippen LogP contribution >= 0.6 is 0 Å². The summed E-state index contributed by atoms with van der Waals surface area (Å²) in [5.41, 5.74) is 5.38. The van der Waals surface area contributed by atoms with Crippen LogP contribution in [0.5, 0.6) is 11.5 Å². The largest absolute Gasteiger partial charge is 0.508 e. The lowest BCUT2D eigenvalue weighted by Gasteiger charge is -2.40. The summed E-state index contributed by atoms with van der Waals surface area (Å²) in [4.78, 5) is 45.7. The predicted octanol–water partition coefficient (Wildman–Crippen LogP) is 5.13. The summed E-state index contributed by atoms with van der Waals surface area (Å²) < 4.78 is 22.2. The van der Waals surface area contributed by atoms with Gasteiger partial charge in [-0.25, -0.2) is 4.39 Å². The van der Waals surface area contributed by atoms with E-state index in [-0.39, 0.29) is 42.2 Å². The maximum absolute atomic E-state index is 16.1. The highest BCUT2D eigenvalue weighted by atomic mass is 19.1. The van der Waals surface area contributed by atoms with E-state index in [0.717, 1.165) is 81.0 Å². The van der Waals surface area contributed by atoms with Gasteiger partial charge >= 0.3 is 0 Å². The molecule has 5 heterocycles. The number of nitrogens with zero attached hydrogens (tertiary/aromatic N) is 4. The third-order valence-corrected chi connectivity index (χ3v) is 12.5. The van der Waals surface area contributed by atoms with Crippen molar-refractivity contribution in [1.29, 1.82) is 0 Å². The molecule has 0 bridgehead atoms. The number of hydrogen-bond acceptors (Lipinski definition) is 9. The van der Waals surface area contributed by atoms with Crippen LogP contribution in [-0.2, 0) is 9.59 Å². The second kappa shape index (κ2) is 14.9. The summed E-state index contributed by atoms with van der Waals surface area (Å²) in [6.45, 7) is 6.36. The number of phenolic OH excluding ortho intramolecular Hbond substituents is 1. The Bertz CT molecular complexity index is 2150. The van der Waals surface area contributed by atoms with Crippen LogP contribution in [0.4, 0.5) is 15.8 Å². The van der Waals surface area contributed by atoms with E-state index in [0.29, 0.717) is 35.1 Å². The number of nitrogens with one attached hydrogen (secondary N) is 1. The summed E-state index contributed by atoms with van der Waals surface area (Å²) in [6, 6.07) is 25.7. The van der Waals surface area contributed by atoms with Crippen molar-refractivity contribution in [2.24, 2.45) is 5.92 Å². The molecule has 4 atom stereocenters. The molecule has 0 radical (unpaired) electrons. The summed E-state index contributed by atoms with van der Waals surface area (Å²) in [5, 5.41) is 23.4. The number of rotatable bonds is 7. The number of halogens is 1. The highest BCUT2D eigenvalue weighted by Crippen LogP contribution is 2.47. The van der Waals surface area contributed by atoms with Crippen LogP contribution < -0.4 is 19.9 Å². The molecule has 3 fully saturated rings. The zero-order valence-corrected chi connectivity index (χ0v) is 31.1. The minimum Gasteiger partial charge on any atom is -0.508 e. The number of carbonyl (C=O) groups excluding carboxylic acids is 3. The molecule has 4 aromatic carbocycles. The molecular weight excluding hydrogens is 714 g/mol. The van der Waals surface area contributed by atoms with Gasteiger partial charge in [0.1, 0.15) is 23.4 Å². The van der Waals surface area contributed by atoms with Gasteiger partial charge in [0.05, 0.1) is 12.3 Å². The Kier molecular flexibility index (Phi) is 9.62. The van der Waals surface area contributed by atoms with Gasteiger partial charge in [-0.05, 0) is 66.6 Å². The van der Waals surface area contributed by atoms with Crippen molar-refractivity contribution in [3.8, 4) is 11.5 Å². The van der Waals surface area contributed by atoms with Gasteiger partial charge in [-0.15, -0.1) is 0 Å². The van der Waals surface area contributed by atoms with Gasteiger partial charge in [0.25, 0.3) is 5.91 Å². The van der Waals surface area contributed by atoms with E-state index in [1.54, 1.807) is 24.3 Å². The van der Waals surface area contributed by atoms with E-state index in [9.17, 15) is 24.6 Å². The van der Waals surface area contributed by atoms with Crippen LogP contribution in [0.2, 0.25) is 0 Å². The molecule has 9 rings (SSSR count). The third kappa shape index (κ3) is 6.74. The first-order valence-electron chi connectivity index (χ1n) is 19.7. The van der Waals surface area contributed by atoms with Crippen molar-refractivity contribution in [2.75, 3.05) is 62.2 Å². The van der Waals surface area contributed by atoms with Crippen molar-refractivity contribution in [3.63, 3.8) is 0 Å². The van der Waals surface area contributed by atoms with E-state index in [2.05, 4.69) is 38.2 Å². The number of aliphatic hydroxyl groups excluding tert-OH is 1. The number of imide groups is 1. The van der Waals surface area contributed by atoms with Gasteiger partial charge in [-0.1, -0.05) is 48.5 Å². The number of piperidine rings is 2. The molecule has 5 aliphatic rings. The molecule has 0 saturated carbocycles. The highest BCUT2D eigenvalue weighted by Gasteiger charge is 2.44. The summed E-state index contributed by atoms with van der Waals surface area (Å²) in [7, 11) is 0. The lowest BCUT2D eigenvalue weighted by atomic mass is 9.76. The van der Waals surface area contributed by atoms with Crippen LogP contribution in [0.25, 0.3) is 0 Å². The minimum atomic E-state index is -1.23. The van der Waals surface area contributed by atoms with Gasteiger partial charge in [0.15, 0.2) is 6.23 Å². The number of phenols is 1. The van der Waals surface area contributed by atoms with E-state index in [4.69, 9.17) is 4.74 Å². The van der Waals surface area contributed by atoms with Crippen LogP contribution in [0.3, 0.4) is 0 Å². The van der Waals surface area contributed by atoms with Crippen molar-refractivity contribution < 1.29 is 33.7 Å². The number of anilines is 2. The average molecular weight is 760 g/mol. The number of amides is 3. The second-order valence-corrected chi connectivity index (χ2v) is 15.8. The van der Waals surface area contributed by atoms with Crippen LogP contribution in [0.15, 0.2) is 84.9 Å². The zero-order valence-electron chi connectivity index (χ0n) is 31.1. The van der Waals surface area contributed by atoms with Crippen molar-refractivity contribution >= 4 is 29.1 Å². The first-order chi connectivity index (χ1) is 27.2. The maximum Gasteiger partial charge on any atom is 0.257 e. The molecule has 290 valence electrons. The van der Waals surface area contributed by atoms with Gasteiger partial charge in [-0.3, -0.25) is 29.5 Å². The number of aromatic hydroxyl groups is 1. The Labute approximate surface area is 325 Å². The average Bonchev–Trinajstić information content (AvgIpc) is 3.46. The summed E-state index contributed by atoms with van der Waals surface area (Å²) >= 11 is 0. The van der Waals surface area contributed by atoms with Gasteiger partial charge in [0.2, 0.25) is 11.8 Å².